The second-order valence-electron chi connectivity index (χ2n) is 4.91. The van der Waals surface area contributed by atoms with Gasteiger partial charge in [0.05, 0.1) is 6.10 Å². The van der Waals surface area contributed by atoms with Crippen molar-refractivity contribution < 1.29 is 14.7 Å². The molecule has 1 unspecified atom stereocenters. The third-order valence-electron chi connectivity index (χ3n) is 2.73. The number of unbranched alkanes of at least 4 members (excludes halogenated alkanes) is 2. The van der Waals surface area contributed by atoms with E-state index in [-0.39, 0.29) is 17.7 Å². The highest BCUT2D eigenvalue weighted by Gasteiger charge is 2.10. The summed E-state index contributed by atoms with van der Waals surface area (Å²) in [7, 11) is 0. The molecule has 0 aromatic carbocycles. The summed E-state index contributed by atoms with van der Waals surface area (Å²) >= 11 is 0. The fourth-order valence-electron chi connectivity index (χ4n) is 1.39. The van der Waals surface area contributed by atoms with Crippen molar-refractivity contribution in [2.75, 3.05) is 13.1 Å². The van der Waals surface area contributed by atoms with Crippen molar-refractivity contribution in [2.24, 2.45) is 5.92 Å². The molecule has 0 heterocycles. The molecular formula is C13H26N2O3. The van der Waals surface area contributed by atoms with E-state index in [1.54, 1.807) is 0 Å². The van der Waals surface area contributed by atoms with Crippen molar-refractivity contribution in [3.63, 3.8) is 0 Å². The lowest BCUT2D eigenvalue weighted by molar-refractivity contribution is -0.122. The van der Waals surface area contributed by atoms with E-state index in [2.05, 4.69) is 10.6 Å². The zero-order chi connectivity index (χ0) is 14.0. The molecule has 0 radical (unpaired) electrons. The van der Waals surface area contributed by atoms with E-state index >= 15 is 0 Å². The molecule has 2 amide bonds. The number of aliphatic hydroxyl groups excluding tert-OH is 1. The average molecular weight is 258 g/mol. The molecule has 5 nitrogen and oxygen atoms in total. The normalized spacial score (nSPS) is 12.3. The van der Waals surface area contributed by atoms with Crippen LogP contribution in [0.5, 0.6) is 0 Å². The average Bonchev–Trinajstić information content (AvgIpc) is 2.29. The van der Waals surface area contributed by atoms with Crippen LogP contribution >= 0.6 is 0 Å². The molecule has 0 fully saturated rings. The fourth-order valence-corrected chi connectivity index (χ4v) is 1.39. The predicted molar refractivity (Wildman–Crippen MR) is 71.0 cm³/mol. The van der Waals surface area contributed by atoms with Crippen LogP contribution in [0.3, 0.4) is 0 Å². The Kier molecular flexibility index (Phi) is 9.28. The van der Waals surface area contributed by atoms with Gasteiger partial charge in [-0.15, -0.1) is 0 Å². The molecule has 106 valence electrons. The van der Waals surface area contributed by atoms with Crippen LogP contribution in [-0.4, -0.2) is 36.1 Å². The molecule has 0 saturated heterocycles. The number of amides is 2. The van der Waals surface area contributed by atoms with Crippen molar-refractivity contribution in [1.82, 2.24) is 10.6 Å². The fraction of sp³-hybridized carbons (Fsp3) is 0.846. The van der Waals surface area contributed by atoms with Gasteiger partial charge in [0.2, 0.25) is 11.8 Å². The van der Waals surface area contributed by atoms with Crippen LogP contribution in [0.25, 0.3) is 0 Å². The standard InChI is InChI=1S/C13H26N2O3/c1-10(2)12(17)9-15-13(18)7-5-4-6-8-14-11(3)16/h10,12,17H,4-9H2,1-3H3,(H,14,16)(H,15,18). The van der Waals surface area contributed by atoms with Gasteiger partial charge >= 0.3 is 0 Å². The van der Waals surface area contributed by atoms with Gasteiger partial charge in [-0.2, -0.15) is 0 Å². The Morgan fingerprint density at radius 1 is 1.11 bits per heavy atom. The minimum absolute atomic E-state index is 0.0181. The van der Waals surface area contributed by atoms with E-state index < -0.39 is 6.10 Å². The van der Waals surface area contributed by atoms with Gasteiger partial charge in [0, 0.05) is 26.4 Å². The molecule has 0 aliphatic rings. The first-order valence-corrected chi connectivity index (χ1v) is 6.62. The zero-order valence-corrected chi connectivity index (χ0v) is 11.7. The molecule has 0 aromatic rings. The Morgan fingerprint density at radius 2 is 1.78 bits per heavy atom. The monoisotopic (exact) mass is 258 g/mol. The van der Waals surface area contributed by atoms with Gasteiger partial charge in [0.25, 0.3) is 0 Å². The smallest absolute Gasteiger partial charge is 0.220 e. The summed E-state index contributed by atoms with van der Waals surface area (Å²) in [6, 6.07) is 0. The summed E-state index contributed by atoms with van der Waals surface area (Å²) in [6.07, 6.45) is 2.62. The highest BCUT2D eigenvalue weighted by atomic mass is 16.3. The van der Waals surface area contributed by atoms with Crippen LogP contribution in [0, 0.1) is 5.92 Å². The summed E-state index contributed by atoms with van der Waals surface area (Å²) in [6.45, 7) is 6.32. The molecule has 0 spiro atoms. The predicted octanol–water partition coefficient (Wildman–Crippen LogP) is 0.816. The number of nitrogens with one attached hydrogen (secondary N) is 2. The van der Waals surface area contributed by atoms with E-state index in [0.29, 0.717) is 19.5 Å². The number of carbonyl (C=O) groups is 2. The topological polar surface area (TPSA) is 78.4 Å². The van der Waals surface area contributed by atoms with Gasteiger partial charge < -0.3 is 15.7 Å². The van der Waals surface area contributed by atoms with Gasteiger partial charge in [-0.25, -0.2) is 0 Å². The van der Waals surface area contributed by atoms with Gasteiger partial charge in [0.15, 0.2) is 0 Å². The molecule has 0 saturated carbocycles. The Hall–Kier alpha value is -1.10. The lowest BCUT2D eigenvalue weighted by atomic mass is 10.1. The van der Waals surface area contributed by atoms with Gasteiger partial charge in [0.1, 0.15) is 0 Å². The number of carbonyl (C=O) groups excluding carboxylic acids is 2. The second-order valence-corrected chi connectivity index (χ2v) is 4.91. The molecule has 1 atom stereocenters. The zero-order valence-electron chi connectivity index (χ0n) is 11.7. The summed E-state index contributed by atoms with van der Waals surface area (Å²) < 4.78 is 0. The van der Waals surface area contributed by atoms with Gasteiger partial charge in [-0.3, -0.25) is 9.59 Å². The van der Waals surface area contributed by atoms with E-state index in [0.717, 1.165) is 19.3 Å². The SMILES string of the molecule is CC(=O)NCCCCCC(=O)NCC(O)C(C)C. The van der Waals surface area contributed by atoms with Crippen LogP contribution in [-0.2, 0) is 9.59 Å². The van der Waals surface area contributed by atoms with Crippen molar-refractivity contribution in [2.45, 2.75) is 52.6 Å². The summed E-state index contributed by atoms with van der Waals surface area (Å²) in [5.41, 5.74) is 0. The first-order chi connectivity index (χ1) is 8.43. The molecule has 0 aliphatic heterocycles. The molecular weight excluding hydrogens is 232 g/mol. The van der Waals surface area contributed by atoms with Gasteiger partial charge in [-0.1, -0.05) is 20.3 Å². The summed E-state index contributed by atoms with van der Waals surface area (Å²) in [5, 5.41) is 14.9. The van der Waals surface area contributed by atoms with E-state index in [1.165, 1.54) is 6.92 Å². The van der Waals surface area contributed by atoms with Crippen molar-refractivity contribution in [3.05, 3.63) is 0 Å². The highest BCUT2D eigenvalue weighted by molar-refractivity contribution is 5.75. The quantitative estimate of drug-likeness (QED) is 0.536. The van der Waals surface area contributed by atoms with Crippen LogP contribution in [0.1, 0.15) is 46.5 Å². The Labute approximate surface area is 109 Å². The minimum atomic E-state index is -0.478. The lowest BCUT2D eigenvalue weighted by Gasteiger charge is -2.14. The van der Waals surface area contributed by atoms with Crippen LogP contribution in [0.4, 0.5) is 0 Å². The summed E-state index contributed by atoms with van der Waals surface area (Å²) in [5.74, 6) is 0.118. The van der Waals surface area contributed by atoms with Crippen molar-refractivity contribution in [1.29, 1.82) is 0 Å². The number of rotatable bonds is 9. The molecule has 5 heteroatoms. The van der Waals surface area contributed by atoms with E-state index in [1.807, 2.05) is 13.8 Å². The van der Waals surface area contributed by atoms with Crippen LogP contribution in [0.15, 0.2) is 0 Å². The first-order valence-electron chi connectivity index (χ1n) is 6.62. The molecule has 0 aromatic heterocycles. The van der Waals surface area contributed by atoms with Crippen molar-refractivity contribution >= 4 is 11.8 Å². The third kappa shape index (κ3) is 10.1. The third-order valence-corrected chi connectivity index (χ3v) is 2.73. The van der Waals surface area contributed by atoms with E-state index in [4.69, 9.17) is 0 Å². The number of aliphatic hydroxyl groups is 1. The summed E-state index contributed by atoms with van der Waals surface area (Å²) in [4.78, 5) is 22.0. The Morgan fingerprint density at radius 3 is 2.33 bits per heavy atom. The Bertz CT molecular complexity index is 255. The van der Waals surface area contributed by atoms with Crippen LogP contribution in [0.2, 0.25) is 0 Å². The first kappa shape index (κ1) is 16.9. The molecule has 0 bridgehead atoms. The minimum Gasteiger partial charge on any atom is -0.391 e. The largest absolute Gasteiger partial charge is 0.391 e. The highest BCUT2D eigenvalue weighted by Crippen LogP contribution is 2.01. The van der Waals surface area contributed by atoms with E-state index in [9.17, 15) is 14.7 Å². The van der Waals surface area contributed by atoms with Crippen LogP contribution < -0.4 is 10.6 Å². The molecule has 3 N–H and O–H groups in total. The molecule has 18 heavy (non-hydrogen) atoms. The number of hydrogen-bond donors (Lipinski definition) is 3. The maximum atomic E-state index is 11.4. The second kappa shape index (κ2) is 9.88. The molecule has 0 aliphatic carbocycles. The van der Waals surface area contributed by atoms with Crippen molar-refractivity contribution in [3.8, 4) is 0 Å². The molecule has 0 rings (SSSR count). The Balaban J connectivity index is 3.40. The maximum absolute atomic E-state index is 11.4. The number of hydrogen-bond acceptors (Lipinski definition) is 3. The lowest BCUT2D eigenvalue weighted by Crippen LogP contribution is -2.34. The maximum Gasteiger partial charge on any atom is 0.220 e. The van der Waals surface area contributed by atoms with Gasteiger partial charge in [-0.05, 0) is 18.8 Å².